The van der Waals surface area contributed by atoms with Crippen LogP contribution < -0.4 is 0 Å². The van der Waals surface area contributed by atoms with Crippen molar-refractivity contribution in [1.82, 2.24) is 0 Å². The number of unbranched alkanes of at least 4 members (excludes halogenated alkanes) is 18. The molecule has 2 unspecified atom stereocenters. The van der Waals surface area contributed by atoms with Crippen molar-refractivity contribution < 1.29 is 38.2 Å². The fourth-order valence-corrected chi connectivity index (χ4v) is 6.45. The van der Waals surface area contributed by atoms with Crippen LogP contribution in [0.1, 0.15) is 187 Å². The van der Waals surface area contributed by atoms with Crippen LogP contribution in [0.3, 0.4) is 0 Å². The molecular formula is C48H86NO7+. The maximum absolute atomic E-state index is 12.7. The van der Waals surface area contributed by atoms with Gasteiger partial charge < -0.3 is 23.8 Å². The van der Waals surface area contributed by atoms with E-state index in [4.69, 9.17) is 14.2 Å². The molecule has 0 saturated carbocycles. The van der Waals surface area contributed by atoms with Crippen molar-refractivity contribution in [2.24, 2.45) is 0 Å². The molecule has 0 amide bonds. The van der Waals surface area contributed by atoms with E-state index in [9.17, 15) is 19.5 Å². The average Bonchev–Trinajstić information content (AvgIpc) is 3.15. The van der Waals surface area contributed by atoms with Gasteiger partial charge in [0.1, 0.15) is 6.61 Å². The molecule has 0 aromatic heterocycles. The lowest BCUT2D eigenvalue weighted by Crippen LogP contribution is -2.50. The van der Waals surface area contributed by atoms with Gasteiger partial charge in [0.2, 0.25) is 0 Å². The molecule has 56 heavy (non-hydrogen) atoms. The zero-order chi connectivity index (χ0) is 41.4. The third-order valence-electron chi connectivity index (χ3n) is 9.96. The fourth-order valence-electron chi connectivity index (χ4n) is 6.45. The maximum Gasteiger partial charge on any atom is 0.362 e. The molecule has 0 rings (SSSR count). The van der Waals surface area contributed by atoms with Crippen molar-refractivity contribution in [1.29, 1.82) is 0 Å². The lowest BCUT2D eigenvalue weighted by atomic mass is 10.1. The number of carboxylic acid groups (broad SMARTS) is 1. The zero-order valence-electron chi connectivity index (χ0n) is 36.8. The highest BCUT2D eigenvalue weighted by molar-refractivity contribution is 5.72. The van der Waals surface area contributed by atoms with E-state index in [0.717, 1.165) is 51.4 Å². The van der Waals surface area contributed by atoms with Gasteiger partial charge in [0.25, 0.3) is 0 Å². The Balaban J connectivity index is 4.30. The van der Waals surface area contributed by atoms with Gasteiger partial charge in [-0.1, -0.05) is 146 Å². The molecule has 0 saturated heterocycles. The molecule has 8 nitrogen and oxygen atoms in total. The van der Waals surface area contributed by atoms with Crippen LogP contribution in [-0.4, -0.2) is 80.6 Å². The number of hydrogen-bond donors (Lipinski definition) is 1. The van der Waals surface area contributed by atoms with E-state index in [0.29, 0.717) is 19.3 Å². The third kappa shape index (κ3) is 36.9. The van der Waals surface area contributed by atoms with E-state index in [1.807, 2.05) is 21.1 Å². The molecule has 0 aromatic rings. The average molecular weight is 789 g/mol. The van der Waals surface area contributed by atoms with Gasteiger partial charge in [0, 0.05) is 19.3 Å². The Bertz CT molecular complexity index is 1060. The highest BCUT2D eigenvalue weighted by atomic mass is 16.6. The molecule has 324 valence electrons. The number of nitrogens with zero attached hydrogens (tertiary/aromatic N) is 1. The Hall–Kier alpha value is -2.71. The number of allylic oxidation sites excluding steroid dienone is 8. The van der Waals surface area contributed by atoms with Crippen LogP contribution in [0.5, 0.6) is 0 Å². The predicted molar refractivity (Wildman–Crippen MR) is 234 cm³/mol. The summed E-state index contributed by atoms with van der Waals surface area (Å²) in [6.45, 7) is 4.57. The first-order valence-corrected chi connectivity index (χ1v) is 22.7. The summed E-state index contributed by atoms with van der Waals surface area (Å²) in [5.41, 5.74) is 0. The molecule has 0 aliphatic heterocycles. The first kappa shape index (κ1) is 53.3. The van der Waals surface area contributed by atoms with E-state index in [-0.39, 0.29) is 42.7 Å². The van der Waals surface area contributed by atoms with E-state index in [2.05, 4.69) is 62.5 Å². The van der Waals surface area contributed by atoms with Crippen LogP contribution >= 0.6 is 0 Å². The Morgan fingerprint density at radius 1 is 0.554 bits per heavy atom. The summed E-state index contributed by atoms with van der Waals surface area (Å²) in [5, 5.41) is 9.61. The molecule has 0 heterocycles. The normalized spacial score (nSPS) is 13.4. The van der Waals surface area contributed by atoms with Gasteiger partial charge in [-0.05, 0) is 70.6 Å². The lowest BCUT2D eigenvalue weighted by molar-refractivity contribution is -0.887. The zero-order valence-corrected chi connectivity index (χ0v) is 36.8. The standard InChI is InChI=1S/C48H85NO7/c1-6-8-10-12-14-16-18-20-21-22-23-24-25-26-27-29-30-32-34-36-38-46(50)55-43-44(42-54-41-40-45(48(52)53)49(3,4)5)56-47(51)39-37-35-33-31-28-19-17-15-13-11-9-7-2/h9,11,15,17,23-24,28,31,44-45H,6-8,10,12-14,16,18-22,25-27,29-30,32-43H2,1-5H3/p+1/b11-9+,17-15+,24-23+,31-28+. The number of esters is 2. The van der Waals surface area contributed by atoms with Gasteiger partial charge in [-0.25, -0.2) is 4.79 Å². The van der Waals surface area contributed by atoms with E-state index >= 15 is 0 Å². The summed E-state index contributed by atoms with van der Waals surface area (Å²) in [7, 11) is 5.51. The molecule has 0 aliphatic carbocycles. The van der Waals surface area contributed by atoms with Crippen LogP contribution in [0.2, 0.25) is 0 Å². The monoisotopic (exact) mass is 789 g/mol. The van der Waals surface area contributed by atoms with Crippen molar-refractivity contribution in [3.8, 4) is 0 Å². The van der Waals surface area contributed by atoms with Gasteiger partial charge in [0.15, 0.2) is 12.1 Å². The lowest BCUT2D eigenvalue weighted by Gasteiger charge is -2.31. The topological polar surface area (TPSA) is 99.1 Å². The van der Waals surface area contributed by atoms with Crippen molar-refractivity contribution in [3.63, 3.8) is 0 Å². The summed E-state index contributed by atoms with van der Waals surface area (Å²) in [4.78, 5) is 36.9. The number of carboxylic acids is 1. The fraction of sp³-hybridized carbons (Fsp3) is 0.771. The summed E-state index contributed by atoms with van der Waals surface area (Å²) in [5.74, 6) is -1.52. The van der Waals surface area contributed by atoms with E-state index < -0.39 is 18.1 Å². The van der Waals surface area contributed by atoms with Gasteiger partial charge >= 0.3 is 17.9 Å². The van der Waals surface area contributed by atoms with Crippen LogP contribution in [0.25, 0.3) is 0 Å². The molecule has 0 radical (unpaired) electrons. The number of carbonyl (C=O) groups is 3. The Kier molecular flexibility index (Phi) is 37.2. The molecule has 0 aromatic carbocycles. The first-order valence-electron chi connectivity index (χ1n) is 22.7. The predicted octanol–water partition coefficient (Wildman–Crippen LogP) is 12.4. The second-order valence-corrected chi connectivity index (χ2v) is 16.3. The van der Waals surface area contributed by atoms with Gasteiger partial charge in [-0.2, -0.15) is 0 Å². The minimum absolute atomic E-state index is 0.0437. The second kappa shape index (κ2) is 39.1. The number of carbonyl (C=O) groups excluding carboxylic acids is 2. The number of rotatable bonds is 40. The molecule has 1 N–H and O–H groups in total. The van der Waals surface area contributed by atoms with Crippen molar-refractivity contribution in [2.75, 3.05) is 41.0 Å². The van der Waals surface area contributed by atoms with Crippen LogP contribution in [0.15, 0.2) is 48.6 Å². The number of likely N-dealkylation sites (N-methyl/N-ethyl adjacent to an activating group) is 1. The number of aliphatic carboxylic acids is 1. The number of hydrogen-bond acceptors (Lipinski definition) is 6. The molecule has 2 atom stereocenters. The SMILES string of the molecule is CC/C=C/C/C=C/C/C=C/CCCCC(=O)OC(COCCC(C(=O)O)[N+](C)(C)C)COC(=O)CCCCCCCCC/C=C/CCCCCCCCCCC. The highest BCUT2D eigenvalue weighted by Gasteiger charge is 2.31. The second-order valence-electron chi connectivity index (χ2n) is 16.3. The van der Waals surface area contributed by atoms with Gasteiger partial charge in [-0.15, -0.1) is 0 Å². The van der Waals surface area contributed by atoms with Crippen LogP contribution in [-0.2, 0) is 28.6 Å². The smallest absolute Gasteiger partial charge is 0.362 e. The number of quaternary nitrogens is 1. The minimum Gasteiger partial charge on any atom is -0.477 e. The van der Waals surface area contributed by atoms with Crippen LogP contribution in [0.4, 0.5) is 0 Å². The maximum atomic E-state index is 12.7. The molecule has 0 aliphatic rings. The van der Waals surface area contributed by atoms with Gasteiger partial charge in [0.05, 0.1) is 34.4 Å². The number of ether oxygens (including phenoxy) is 3. The largest absolute Gasteiger partial charge is 0.477 e. The summed E-state index contributed by atoms with van der Waals surface area (Å²) >= 11 is 0. The summed E-state index contributed by atoms with van der Waals surface area (Å²) < 4.78 is 17.2. The van der Waals surface area contributed by atoms with Crippen molar-refractivity contribution in [3.05, 3.63) is 48.6 Å². The Morgan fingerprint density at radius 3 is 1.54 bits per heavy atom. The highest BCUT2D eigenvalue weighted by Crippen LogP contribution is 2.14. The quantitative estimate of drug-likeness (QED) is 0.0286. The summed E-state index contributed by atoms with van der Waals surface area (Å²) in [6.07, 6.45) is 46.0. The molecule has 0 bridgehead atoms. The summed E-state index contributed by atoms with van der Waals surface area (Å²) in [6, 6.07) is -0.622. The van der Waals surface area contributed by atoms with E-state index in [1.54, 1.807) is 0 Å². The first-order chi connectivity index (χ1) is 27.1. The molecule has 0 spiro atoms. The third-order valence-corrected chi connectivity index (χ3v) is 9.96. The molecule has 8 heteroatoms. The van der Waals surface area contributed by atoms with Crippen molar-refractivity contribution in [2.45, 2.75) is 199 Å². The molecular weight excluding hydrogens is 703 g/mol. The van der Waals surface area contributed by atoms with Crippen LogP contribution in [0, 0.1) is 0 Å². The minimum atomic E-state index is -0.883. The Morgan fingerprint density at radius 2 is 1.00 bits per heavy atom. The Labute approximate surface area is 344 Å². The van der Waals surface area contributed by atoms with Crippen molar-refractivity contribution >= 4 is 17.9 Å². The van der Waals surface area contributed by atoms with Gasteiger partial charge in [-0.3, -0.25) is 9.59 Å². The van der Waals surface area contributed by atoms with E-state index in [1.165, 1.54) is 96.3 Å². The molecule has 0 fully saturated rings.